The van der Waals surface area contributed by atoms with Crippen molar-refractivity contribution in [2.45, 2.75) is 19.8 Å². The van der Waals surface area contributed by atoms with E-state index in [0.717, 1.165) is 18.6 Å². The largest absolute Gasteiger partial charge is 0.481 e. The van der Waals surface area contributed by atoms with Gasteiger partial charge in [-0.25, -0.2) is 4.79 Å². The predicted octanol–water partition coefficient (Wildman–Crippen LogP) is 1.49. The van der Waals surface area contributed by atoms with Crippen molar-refractivity contribution in [2.24, 2.45) is 5.92 Å². The van der Waals surface area contributed by atoms with E-state index in [0.29, 0.717) is 6.54 Å². The fourth-order valence-corrected chi connectivity index (χ4v) is 1.77. The van der Waals surface area contributed by atoms with Crippen LogP contribution in [0.4, 0.5) is 4.79 Å². The highest BCUT2D eigenvalue weighted by atomic mass is 32.2. The maximum absolute atomic E-state index is 11.6. The molecule has 0 spiro atoms. The first-order valence-corrected chi connectivity index (χ1v) is 7.09. The van der Waals surface area contributed by atoms with Crippen molar-refractivity contribution in [1.82, 2.24) is 10.2 Å². The number of carboxylic acids is 1. The summed E-state index contributed by atoms with van der Waals surface area (Å²) in [6.45, 7) is 2.46. The van der Waals surface area contributed by atoms with Gasteiger partial charge in [-0.05, 0) is 24.9 Å². The van der Waals surface area contributed by atoms with E-state index >= 15 is 0 Å². The predicted molar refractivity (Wildman–Crippen MR) is 70.4 cm³/mol. The van der Waals surface area contributed by atoms with Gasteiger partial charge in [-0.2, -0.15) is 11.8 Å². The van der Waals surface area contributed by atoms with Crippen LogP contribution in [0.1, 0.15) is 19.8 Å². The molecule has 0 bridgehead atoms. The van der Waals surface area contributed by atoms with Crippen molar-refractivity contribution < 1.29 is 14.7 Å². The molecule has 0 aromatic rings. The van der Waals surface area contributed by atoms with E-state index in [1.807, 2.05) is 0 Å². The zero-order chi connectivity index (χ0) is 13.3. The molecule has 0 aliphatic rings. The maximum atomic E-state index is 11.6. The lowest BCUT2D eigenvalue weighted by Crippen LogP contribution is -2.41. The van der Waals surface area contributed by atoms with Crippen LogP contribution in [0.2, 0.25) is 0 Å². The van der Waals surface area contributed by atoms with E-state index in [2.05, 4.69) is 11.6 Å². The summed E-state index contributed by atoms with van der Waals surface area (Å²) in [7, 11) is 1.61. The van der Waals surface area contributed by atoms with Crippen molar-refractivity contribution in [2.75, 3.05) is 32.1 Å². The van der Waals surface area contributed by atoms with Gasteiger partial charge in [0, 0.05) is 20.1 Å². The number of carbonyl (C=O) groups is 2. The Labute approximate surface area is 107 Å². The first kappa shape index (κ1) is 16.1. The third-order valence-corrected chi connectivity index (χ3v) is 3.06. The number of thioether (sulfide) groups is 1. The lowest BCUT2D eigenvalue weighted by atomic mass is 10.2. The average molecular weight is 262 g/mol. The second-order valence-corrected chi connectivity index (χ2v) is 5.04. The number of carbonyl (C=O) groups excluding carboxylic acids is 1. The van der Waals surface area contributed by atoms with Crippen LogP contribution in [0.5, 0.6) is 0 Å². The fraction of sp³-hybridized carbons (Fsp3) is 0.818. The molecular weight excluding hydrogens is 240 g/mol. The van der Waals surface area contributed by atoms with Crippen LogP contribution in [0.15, 0.2) is 0 Å². The summed E-state index contributed by atoms with van der Waals surface area (Å²) in [4.78, 5) is 23.6. The highest BCUT2D eigenvalue weighted by Gasteiger charge is 2.16. The third kappa shape index (κ3) is 7.90. The number of rotatable bonds is 8. The van der Waals surface area contributed by atoms with Crippen LogP contribution in [-0.4, -0.2) is 54.2 Å². The SMILES string of the molecule is CSCCCCNC(=O)N(C)CC(C)C(=O)O. The molecule has 17 heavy (non-hydrogen) atoms. The normalized spacial score (nSPS) is 11.9. The van der Waals surface area contributed by atoms with Crippen molar-refractivity contribution >= 4 is 23.8 Å². The lowest BCUT2D eigenvalue weighted by molar-refractivity contribution is -0.141. The molecule has 0 rings (SSSR count). The van der Waals surface area contributed by atoms with Gasteiger partial charge in [0.1, 0.15) is 0 Å². The van der Waals surface area contributed by atoms with E-state index in [9.17, 15) is 9.59 Å². The summed E-state index contributed by atoms with van der Waals surface area (Å²) < 4.78 is 0. The van der Waals surface area contributed by atoms with Crippen LogP contribution in [0.25, 0.3) is 0 Å². The van der Waals surface area contributed by atoms with Gasteiger partial charge in [0.2, 0.25) is 0 Å². The molecule has 2 N–H and O–H groups in total. The minimum absolute atomic E-state index is 0.206. The van der Waals surface area contributed by atoms with E-state index in [1.165, 1.54) is 4.90 Å². The number of carboxylic acid groups (broad SMARTS) is 1. The molecule has 1 atom stereocenters. The number of aliphatic carboxylic acids is 1. The van der Waals surface area contributed by atoms with Crippen molar-refractivity contribution in [3.05, 3.63) is 0 Å². The fourth-order valence-electron chi connectivity index (χ4n) is 1.27. The number of hydrogen-bond donors (Lipinski definition) is 2. The Morgan fingerprint density at radius 2 is 2.06 bits per heavy atom. The van der Waals surface area contributed by atoms with Gasteiger partial charge in [-0.1, -0.05) is 6.92 Å². The van der Waals surface area contributed by atoms with Gasteiger partial charge in [0.05, 0.1) is 5.92 Å². The summed E-state index contributed by atoms with van der Waals surface area (Å²) in [5.74, 6) is -0.325. The first-order chi connectivity index (χ1) is 7.99. The number of hydrogen-bond acceptors (Lipinski definition) is 3. The smallest absolute Gasteiger partial charge is 0.317 e. The highest BCUT2D eigenvalue weighted by Crippen LogP contribution is 2.00. The molecule has 2 amide bonds. The van der Waals surface area contributed by atoms with Crippen LogP contribution in [-0.2, 0) is 4.79 Å². The Hall–Kier alpha value is -0.910. The Balaban J connectivity index is 3.71. The molecule has 0 saturated heterocycles. The summed E-state index contributed by atoms with van der Waals surface area (Å²) >= 11 is 1.79. The number of nitrogens with one attached hydrogen (secondary N) is 1. The van der Waals surface area contributed by atoms with Gasteiger partial charge in [0.25, 0.3) is 0 Å². The second-order valence-electron chi connectivity index (χ2n) is 4.05. The monoisotopic (exact) mass is 262 g/mol. The summed E-state index contributed by atoms with van der Waals surface area (Å²) in [6.07, 6.45) is 4.09. The van der Waals surface area contributed by atoms with E-state index in [1.54, 1.807) is 25.7 Å². The first-order valence-electron chi connectivity index (χ1n) is 5.69. The van der Waals surface area contributed by atoms with Gasteiger partial charge in [-0.3, -0.25) is 4.79 Å². The maximum Gasteiger partial charge on any atom is 0.317 e. The second kappa shape index (κ2) is 9.15. The van der Waals surface area contributed by atoms with E-state index < -0.39 is 11.9 Å². The molecule has 0 aromatic carbocycles. The Kier molecular flexibility index (Phi) is 8.66. The highest BCUT2D eigenvalue weighted by molar-refractivity contribution is 7.98. The Morgan fingerprint density at radius 3 is 2.59 bits per heavy atom. The molecule has 1 unspecified atom stereocenters. The lowest BCUT2D eigenvalue weighted by Gasteiger charge is -2.19. The molecule has 0 aliphatic carbocycles. The van der Waals surface area contributed by atoms with E-state index in [4.69, 9.17) is 5.11 Å². The number of unbranched alkanes of at least 4 members (excludes halogenated alkanes) is 1. The zero-order valence-electron chi connectivity index (χ0n) is 10.7. The van der Waals surface area contributed by atoms with Gasteiger partial charge < -0.3 is 15.3 Å². The number of amides is 2. The molecule has 0 radical (unpaired) electrons. The topological polar surface area (TPSA) is 69.6 Å². The van der Waals surface area contributed by atoms with Crippen LogP contribution >= 0.6 is 11.8 Å². The molecule has 0 heterocycles. The van der Waals surface area contributed by atoms with Crippen LogP contribution < -0.4 is 5.32 Å². The van der Waals surface area contributed by atoms with Gasteiger partial charge in [0.15, 0.2) is 0 Å². The van der Waals surface area contributed by atoms with Crippen molar-refractivity contribution in [1.29, 1.82) is 0 Å². The molecule has 0 saturated carbocycles. The molecule has 0 aromatic heterocycles. The third-order valence-electron chi connectivity index (χ3n) is 2.37. The molecule has 0 aliphatic heterocycles. The Morgan fingerprint density at radius 1 is 1.41 bits per heavy atom. The standard InChI is InChI=1S/C11H22N2O3S/c1-9(10(14)15)8-13(2)11(16)12-6-4-5-7-17-3/h9H,4-8H2,1-3H3,(H,12,16)(H,14,15). The van der Waals surface area contributed by atoms with Gasteiger partial charge >= 0.3 is 12.0 Å². The van der Waals surface area contributed by atoms with Crippen molar-refractivity contribution in [3.63, 3.8) is 0 Å². The van der Waals surface area contributed by atoms with Gasteiger partial charge in [-0.15, -0.1) is 0 Å². The molecule has 5 nitrogen and oxygen atoms in total. The zero-order valence-corrected chi connectivity index (χ0v) is 11.5. The quantitative estimate of drug-likeness (QED) is 0.650. The van der Waals surface area contributed by atoms with Crippen LogP contribution in [0, 0.1) is 5.92 Å². The minimum Gasteiger partial charge on any atom is -0.481 e. The van der Waals surface area contributed by atoms with Crippen LogP contribution in [0.3, 0.4) is 0 Å². The summed E-state index contributed by atoms with van der Waals surface area (Å²) in [5, 5.41) is 11.5. The number of urea groups is 1. The Bertz CT molecular complexity index is 249. The minimum atomic E-state index is -0.885. The average Bonchev–Trinajstić information content (AvgIpc) is 2.28. The summed E-state index contributed by atoms with van der Waals surface area (Å²) in [6, 6.07) is -0.206. The molecule has 0 fully saturated rings. The molecular formula is C11H22N2O3S. The van der Waals surface area contributed by atoms with E-state index in [-0.39, 0.29) is 12.6 Å². The summed E-state index contributed by atoms with van der Waals surface area (Å²) in [5.41, 5.74) is 0. The van der Waals surface area contributed by atoms with Crippen molar-refractivity contribution in [3.8, 4) is 0 Å². The number of nitrogens with zero attached hydrogens (tertiary/aromatic N) is 1. The molecule has 100 valence electrons. The molecule has 6 heteroatoms.